The van der Waals surface area contributed by atoms with E-state index in [0.29, 0.717) is 6.07 Å². The maximum absolute atomic E-state index is 12.9. The lowest BCUT2D eigenvalue weighted by Gasteiger charge is -2.13. The van der Waals surface area contributed by atoms with Gasteiger partial charge in [0.2, 0.25) is 5.91 Å². The molecule has 0 radical (unpaired) electrons. The van der Waals surface area contributed by atoms with Crippen molar-refractivity contribution in [2.45, 2.75) is 11.1 Å². The Morgan fingerprint density at radius 3 is 2.18 bits per heavy atom. The lowest BCUT2D eigenvalue weighted by atomic mass is 10.1. The molecule has 3 aromatic carbocycles. The molecule has 0 spiro atoms. The average Bonchev–Trinajstić information content (AvgIpc) is 2.73. The Hall–Kier alpha value is -3.57. The van der Waals surface area contributed by atoms with Crippen molar-refractivity contribution in [2.75, 3.05) is 10.0 Å². The highest BCUT2D eigenvalue weighted by Gasteiger charge is 2.31. The first kappa shape index (κ1) is 24.1. The molecule has 0 aliphatic heterocycles. The average molecular weight is 498 g/mol. The van der Waals surface area contributed by atoms with E-state index in [1.54, 1.807) is 0 Å². The maximum atomic E-state index is 12.9. The number of nitrogens with two attached hydrogens (primary N) is 1. The van der Waals surface area contributed by atoms with Crippen LogP contribution >= 0.6 is 11.6 Å². The fourth-order valence-electron chi connectivity index (χ4n) is 2.73. The number of halogens is 4. The van der Waals surface area contributed by atoms with Gasteiger partial charge in [0.15, 0.2) is 0 Å². The summed E-state index contributed by atoms with van der Waals surface area (Å²) in [6.45, 7) is 0. The predicted octanol–water partition coefficient (Wildman–Crippen LogP) is 4.51. The molecule has 3 aromatic rings. The van der Waals surface area contributed by atoms with Crippen molar-refractivity contribution in [2.24, 2.45) is 5.73 Å². The Morgan fingerprint density at radius 1 is 0.909 bits per heavy atom. The number of primary amides is 1. The Labute approximate surface area is 191 Å². The second-order valence-electron chi connectivity index (χ2n) is 6.72. The number of benzene rings is 3. The molecule has 33 heavy (non-hydrogen) atoms. The van der Waals surface area contributed by atoms with Crippen LogP contribution in [0.1, 0.15) is 26.3 Å². The molecule has 0 bridgehead atoms. The van der Waals surface area contributed by atoms with E-state index in [1.807, 2.05) is 0 Å². The van der Waals surface area contributed by atoms with Gasteiger partial charge in [-0.3, -0.25) is 14.3 Å². The van der Waals surface area contributed by atoms with Crippen LogP contribution in [-0.4, -0.2) is 20.2 Å². The van der Waals surface area contributed by atoms with Crippen LogP contribution in [0.2, 0.25) is 5.02 Å². The molecule has 172 valence electrons. The zero-order chi connectivity index (χ0) is 24.4. The van der Waals surface area contributed by atoms with Gasteiger partial charge < -0.3 is 11.1 Å². The molecule has 4 N–H and O–H groups in total. The summed E-state index contributed by atoms with van der Waals surface area (Å²) in [6, 6.07) is 12.6. The summed E-state index contributed by atoms with van der Waals surface area (Å²) in [6.07, 6.45) is -4.65. The van der Waals surface area contributed by atoms with Gasteiger partial charge in [0.05, 0.1) is 21.0 Å². The summed E-state index contributed by atoms with van der Waals surface area (Å²) >= 11 is 6.04. The van der Waals surface area contributed by atoms with E-state index < -0.39 is 38.5 Å². The number of alkyl halides is 3. The van der Waals surface area contributed by atoms with Gasteiger partial charge in [0.25, 0.3) is 15.9 Å². The van der Waals surface area contributed by atoms with E-state index >= 15 is 0 Å². The van der Waals surface area contributed by atoms with Gasteiger partial charge >= 0.3 is 6.18 Å². The third kappa shape index (κ3) is 5.82. The second-order valence-corrected chi connectivity index (χ2v) is 8.81. The number of rotatable bonds is 6. The number of amides is 2. The van der Waals surface area contributed by atoms with Gasteiger partial charge in [-0.2, -0.15) is 13.2 Å². The lowest BCUT2D eigenvalue weighted by molar-refractivity contribution is -0.137. The minimum atomic E-state index is -4.65. The molecule has 3 rings (SSSR count). The summed E-state index contributed by atoms with van der Waals surface area (Å²) < 4.78 is 66.1. The lowest BCUT2D eigenvalue weighted by Crippen LogP contribution is -2.17. The quantitative estimate of drug-likeness (QED) is 0.464. The largest absolute Gasteiger partial charge is 0.416 e. The normalized spacial score (nSPS) is 11.6. The maximum Gasteiger partial charge on any atom is 0.416 e. The first-order valence-corrected chi connectivity index (χ1v) is 10.9. The van der Waals surface area contributed by atoms with E-state index in [0.717, 1.165) is 30.3 Å². The number of carbonyl (C=O) groups is 2. The third-order valence-electron chi connectivity index (χ3n) is 4.36. The molecule has 0 atom stereocenters. The Kier molecular flexibility index (Phi) is 6.65. The molecule has 0 heterocycles. The Morgan fingerprint density at radius 2 is 1.58 bits per heavy atom. The van der Waals surface area contributed by atoms with Crippen LogP contribution in [0.3, 0.4) is 0 Å². The molecule has 7 nitrogen and oxygen atoms in total. The van der Waals surface area contributed by atoms with Gasteiger partial charge in [-0.15, -0.1) is 0 Å². The minimum Gasteiger partial charge on any atom is -0.366 e. The molecule has 0 aromatic heterocycles. The number of anilines is 2. The van der Waals surface area contributed by atoms with Crippen molar-refractivity contribution in [1.29, 1.82) is 0 Å². The molecule has 2 amide bonds. The summed E-state index contributed by atoms with van der Waals surface area (Å²) in [5, 5.41) is 2.45. The van der Waals surface area contributed by atoms with Gasteiger partial charge in [-0.25, -0.2) is 8.42 Å². The summed E-state index contributed by atoms with van der Waals surface area (Å²) in [4.78, 5) is 23.4. The van der Waals surface area contributed by atoms with Crippen molar-refractivity contribution in [3.8, 4) is 0 Å². The number of hydrogen-bond acceptors (Lipinski definition) is 4. The van der Waals surface area contributed by atoms with Crippen LogP contribution in [0.15, 0.2) is 71.6 Å². The SMILES string of the molecule is NC(=O)c1ccc(NC(=O)c2cc(S(=O)(=O)Nc3cccc(C(F)(F)F)c3)ccc2Cl)cc1. The van der Waals surface area contributed by atoms with Gasteiger partial charge in [-0.1, -0.05) is 17.7 Å². The van der Waals surface area contributed by atoms with E-state index in [-0.39, 0.29) is 27.5 Å². The van der Waals surface area contributed by atoms with Gasteiger partial charge in [0, 0.05) is 16.9 Å². The number of hydrogen-bond donors (Lipinski definition) is 3. The van der Waals surface area contributed by atoms with Crippen molar-refractivity contribution in [3.63, 3.8) is 0 Å². The molecule has 0 unspecified atom stereocenters. The summed E-state index contributed by atoms with van der Waals surface area (Å²) in [5.41, 5.74) is 4.14. The third-order valence-corrected chi connectivity index (χ3v) is 6.07. The fraction of sp³-hybridized carbons (Fsp3) is 0.0476. The van der Waals surface area contributed by atoms with Gasteiger partial charge in [0.1, 0.15) is 0 Å². The zero-order valence-corrected chi connectivity index (χ0v) is 18.1. The molecule has 0 saturated carbocycles. The highest BCUT2D eigenvalue weighted by Crippen LogP contribution is 2.31. The Balaban J connectivity index is 1.85. The Bertz CT molecular complexity index is 1330. The first-order valence-electron chi connectivity index (χ1n) is 9.08. The summed E-state index contributed by atoms with van der Waals surface area (Å²) in [7, 11) is -4.34. The summed E-state index contributed by atoms with van der Waals surface area (Å²) in [5.74, 6) is -1.40. The molecular weight excluding hydrogens is 483 g/mol. The van der Waals surface area contributed by atoms with E-state index in [9.17, 15) is 31.2 Å². The predicted molar refractivity (Wildman–Crippen MR) is 117 cm³/mol. The van der Waals surface area contributed by atoms with E-state index in [4.69, 9.17) is 17.3 Å². The molecule has 0 aliphatic carbocycles. The highest BCUT2D eigenvalue weighted by atomic mass is 35.5. The molecule has 0 aliphatic rings. The van der Waals surface area contributed by atoms with Crippen molar-refractivity contribution < 1.29 is 31.2 Å². The molecule has 0 fully saturated rings. The highest BCUT2D eigenvalue weighted by molar-refractivity contribution is 7.92. The first-order chi connectivity index (χ1) is 15.4. The van der Waals surface area contributed by atoms with Crippen LogP contribution in [-0.2, 0) is 16.2 Å². The van der Waals surface area contributed by atoms with Crippen LogP contribution in [0, 0.1) is 0 Å². The standard InChI is InChI=1S/C21H15ClF3N3O4S/c22-18-9-8-16(33(31,32)28-15-3-1-2-13(10-15)21(23,24)25)11-17(18)20(30)27-14-6-4-12(5-7-14)19(26)29/h1-11,28H,(H2,26,29)(H,27,30). The van der Waals surface area contributed by atoms with Crippen LogP contribution in [0.25, 0.3) is 0 Å². The van der Waals surface area contributed by atoms with Crippen molar-refractivity contribution in [1.82, 2.24) is 0 Å². The van der Waals surface area contributed by atoms with Crippen molar-refractivity contribution >= 4 is 44.8 Å². The molecule has 0 saturated heterocycles. The topological polar surface area (TPSA) is 118 Å². The molecule has 12 heteroatoms. The number of nitrogens with one attached hydrogen (secondary N) is 2. The van der Waals surface area contributed by atoms with E-state index in [1.165, 1.54) is 30.3 Å². The second kappa shape index (κ2) is 9.12. The zero-order valence-electron chi connectivity index (χ0n) is 16.5. The van der Waals surface area contributed by atoms with Gasteiger partial charge in [-0.05, 0) is 60.7 Å². The number of carbonyl (C=O) groups excluding carboxylic acids is 2. The minimum absolute atomic E-state index is 0.0562. The fourth-order valence-corrected chi connectivity index (χ4v) is 4.01. The monoisotopic (exact) mass is 497 g/mol. The van der Waals surface area contributed by atoms with Crippen LogP contribution in [0.4, 0.5) is 24.5 Å². The van der Waals surface area contributed by atoms with Crippen LogP contribution < -0.4 is 15.8 Å². The van der Waals surface area contributed by atoms with Crippen LogP contribution in [0.5, 0.6) is 0 Å². The molecular formula is C21H15ClF3N3O4S. The number of sulfonamides is 1. The van der Waals surface area contributed by atoms with E-state index in [2.05, 4.69) is 10.0 Å². The smallest absolute Gasteiger partial charge is 0.366 e. The van der Waals surface area contributed by atoms with Crippen molar-refractivity contribution in [3.05, 3.63) is 88.4 Å².